The van der Waals surface area contributed by atoms with Crippen molar-refractivity contribution >= 4 is 32.2 Å². The third-order valence-electron chi connectivity index (χ3n) is 5.55. The summed E-state index contributed by atoms with van der Waals surface area (Å²) >= 11 is 0.772. The molecule has 36 heavy (non-hydrogen) atoms. The summed E-state index contributed by atoms with van der Waals surface area (Å²) in [4.78, 5) is 28.5. The monoisotopic (exact) mass is 533 g/mol. The summed E-state index contributed by atoms with van der Waals surface area (Å²) in [6.45, 7) is 1.84. The first-order valence-corrected chi connectivity index (χ1v) is 11.2. The molecule has 0 spiro atoms. The number of nitro benzene ring substituents is 1. The highest BCUT2D eigenvalue weighted by Gasteiger charge is 2.34. The molecule has 1 aromatic heterocycles. The highest BCUT2D eigenvalue weighted by molar-refractivity contribution is 7.22. The van der Waals surface area contributed by atoms with E-state index < -0.39 is 45.0 Å². The predicted octanol–water partition coefficient (Wildman–Crippen LogP) is 4.43. The van der Waals surface area contributed by atoms with Crippen LogP contribution in [-0.2, 0) is 18.9 Å². The summed E-state index contributed by atoms with van der Waals surface area (Å²) in [6.07, 6.45) is -9.27. The lowest BCUT2D eigenvalue weighted by molar-refractivity contribution is -0.383. The Kier molecular flexibility index (Phi) is 6.90. The van der Waals surface area contributed by atoms with Gasteiger partial charge in [-0.05, 0) is 23.8 Å². The molecular formula is C21H17F6N5O3S. The van der Waals surface area contributed by atoms with Crippen LogP contribution in [0.5, 0.6) is 0 Å². The van der Waals surface area contributed by atoms with Crippen molar-refractivity contribution < 1.29 is 31.3 Å². The van der Waals surface area contributed by atoms with Crippen LogP contribution in [0.4, 0.5) is 37.2 Å². The lowest BCUT2D eigenvalue weighted by Crippen LogP contribution is -2.52. The lowest BCUT2D eigenvalue weighted by atomic mass is 10.1. The number of fused-ring (bicyclic) bond motifs is 1. The van der Waals surface area contributed by atoms with Crippen molar-refractivity contribution in [3.63, 3.8) is 0 Å². The number of non-ortho nitro benzene ring substituents is 1. The van der Waals surface area contributed by atoms with E-state index in [1.54, 1.807) is 4.90 Å². The van der Waals surface area contributed by atoms with Crippen molar-refractivity contribution in [3.05, 3.63) is 73.6 Å². The molecule has 0 amide bonds. The van der Waals surface area contributed by atoms with Gasteiger partial charge >= 0.3 is 12.4 Å². The van der Waals surface area contributed by atoms with Gasteiger partial charge in [-0.25, -0.2) is 5.01 Å². The number of nitro groups is 1. The van der Waals surface area contributed by atoms with E-state index in [9.17, 15) is 41.3 Å². The van der Waals surface area contributed by atoms with Gasteiger partial charge in [0.2, 0.25) is 0 Å². The SMILES string of the molecule is O=c1nc(N2CCN(NCc3ccc(C(F)(F)F)cc3)CC2)sc2c([N+](=O)[O-])cc(C(F)(F)F)cc12. The summed E-state index contributed by atoms with van der Waals surface area (Å²) < 4.78 is 77.2. The van der Waals surface area contributed by atoms with Gasteiger partial charge in [-0.3, -0.25) is 20.3 Å². The summed E-state index contributed by atoms with van der Waals surface area (Å²) in [7, 11) is 0. The molecule has 0 radical (unpaired) electrons. The Morgan fingerprint density at radius 1 is 0.972 bits per heavy atom. The maximum absolute atomic E-state index is 13.1. The summed E-state index contributed by atoms with van der Waals surface area (Å²) in [5.41, 5.74) is -0.0961. The van der Waals surface area contributed by atoms with Crippen LogP contribution in [0.15, 0.2) is 41.2 Å². The Hall–Kier alpha value is -3.30. The van der Waals surface area contributed by atoms with Crippen molar-refractivity contribution in [2.75, 3.05) is 31.1 Å². The molecule has 4 rings (SSSR count). The minimum atomic E-state index is -4.86. The van der Waals surface area contributed by atoms with Crippen LogP contribution in [-0.4, -0.2) is 41.1 Å². The second-order valence-corrected chi connectivity index (χ2v) is 8.91. The van der Waals surface area contributed by atoms with Gasteiger partial charge in [0, 0.05) is 38.8 Å². The second-order valence-electron chi connectivity index (χ2n) is 7.93. The third-order valence-corrected chi connectivity index (χ3v) is 6.72. The zero-order valence-electron chi connectivity index (χ0n) is 18.2. The van der Waals surface area contributed by atoms with Gasteiger partial charge in [0.05, 0.1) is 21.4 Å². The Morgan fingerprint density at radius 3 is 2.14 bits per heavy atom. The van der Waals surface area contributed by atoms with E-state index in [1.165, 1.54) is 12.1 Å². The molecule has 1 saturated heterocycles. The van der Waals surface area contributed by atoms with E-state index >= 15 is 0 Å². The summed E-state index contributed by atoms with van der Waals surface area (Å²) in [5, 5.41) is 12.9. The van der Waals surface area contributed by atoms with Crippen LogP contribution in [0.2, 0.25) is 0 Å². The molecule has 1 aliphatic rings. The van der Waals surface area contributed by atoms with Crippen LogP contribution in [0.3, 0.4) is 0 Å². The van der Waals surface area contributed by atoms with Crippen molar-refractivity contribution in [1.82, 2.24) is 15.4 Å². The van der Waals surface area contributed by atoms with Crippen molar-refractivity contribution in [2.45, 2.75) is 18.9 Å². The van der Waals surface area contributed by atoms with Crippen LogP contribution < -0.4 is 15.9 Å². The number of nitrogens with zero attached hydrogens (tertiary/aromatic N) is 4. The maximum atomic E-state index is 13.1. The number of nitrogens with one attached hydrogen (secondary N) is 1. The molecule has 2 aromatic carbocycles. The first-order chi connectivity index (χ1) is 16.8. The Balaban J connectivity index is 1.46. The van der Waals surface area contributed by atoms with Gasteiger partial charge in [-0.15, -0.1) is 0 Å². The molecule has 3 aromatic rings. The molecule has 0 saturated carbocycles. The average molecular weight is 533 g/mol. The third kappa shape index (κ3) is 5.57. The van der Waals surface area contributed by atoms with Gasteiger partial charge in [0.15, 0.2) is 5.13 Å². The number of hydrazine groups is 1. The highest BCUT2D eigenvalue weighted by Crippen LogP contribution is 2.38. The number of hydrogen-bond acceptors (Lipinski definition) is 8. The van der Waals surface area contributed by atoms with Crippen LogP contribution >= 0.6 is 11.3 Å². The zero-order valence-corrected chi connectivity index (χ0v) is 19.0. The number of benzene rings is 2. The summed E-state index contributed by atoms with van der Waals surface area (Å²) in [5.74, 6) is 0. The fourth-order valence-electron chi connectivity index (χ4n) is 3.65. The second kappa shape index (κ2) is 9.63. The first-order valence-electron chi connectivity index (χ1n) is 10.4. The molecule has 1 aliphatic heterocycles. The minimum absolute atomic E-state index is 0.151. The van der Waals surface area contributed by atoms with E-state index in [0.717, 1.165) is 23.5 Å². The smallest absolute Gasteiger partial charge is 0.345 e. The fourth-order valence-corrected chi connectivity index (χ4v) is 4.76. The van der Waals surface area contributed by atoms with Crippen LogP contribution in [0.1, 0.15) is 16.7 Å². The molecular weight excluding hydrogens is 516 g/mol. The number of aromatic nitrogens is 1. The van der Waals surface area contributed by atoms with E-state index in [2.05, 4.69) is 10.4 Å². The van der Waals surface area contributed by atoms with E-state index in [0.29, 0.717) is 43.9 Å². The molecule has 0 atom stereocenters. The maximum Gasteiger partial charge on any atom is 0.416 e. The van der Waals surface area contributed by atoms with Crippen molar-refractivity contribution in [2.24, 2.45) is 0 Å². The molecule has 1 fully saturated rings. The molecule has 15 heteroatoms. The van der Waals surface area contributed by atoms with Crippen molar-refractivity contribution in [1.29, 1.82) is 0 Å². The average Bonchev–Trinajstić information content (AvgIpc) is 2.81. The Morgan fingerprint density at radius 2 is 1.58 bits per heavy atom. The number of rotatable bonds is 5. The van der Waals surface area contributed by atoms with Crippen molar-refractivity contribution in [3.8, 4) is 0 Å². The lowest BCUT2D eigenvalue weighted by Gasteiger charge is -2.35. The normalized spacial score (nSPS) is 15.4. The Bertz CT molecular complexity index is 1340. The predicted molar refractivity (Wildman–Crippen MR) is 120 cm³/mol. The number of alkyl halides is 6. The largest absolute Gasteiger partial charge is 0.416 e. The molecule has 1 N–H and O–H groups in total. The minimum Gasteiger partial charge on any atom is -0.345 e. The number of anilines is 1. The first kappa shape index (κ1) is 25.8. The van der Waals surface area contributed by atoms with Gasteiger partial charge in [-0.1, -0.05) is 23.5 Å². The fraction of sp³-hybridized carbons (Fsp3) is 0.333. The molecule has 2 heterocycles. The highest BCUT2D eigenvalue weighted by atomic mass is 32.1. The van der Waals surface area contributed by atoms with Gasteiger partial charge in [-0.2, -0.15) is 31.3 Å². The van der Waals surface area contributed by atoms with Gasteiger partial charge < -0.3 is 4.90 Å². The van der Waals surface area contributed by atoms with Gasteiger partial charge in [0.25, 0.3) is 11.2 Å². The van der Waals surface area contributed by atoms with Crippen LogP contribution in [0, 0.1) is 10.1 Å². The molecule has 192 valence electrons. The van der Waals surface area contributed by atoms with E-state index in [-0.39, 0.29) is 16.4 Å². The van der Waals surface area contributed by atoms with E-state index in [4.69, 9.17) is 0 Å². The van der Waals surface area contributed by atoms with E-state index in [1.807, 2.05) is 5.01 Å². The standard InChI is InChI=1S/C21H17F6N5O3S/c22-20(23,24)13-3-1-12(2-4-13)11-28-31-7-5-30(6-8-31)19-29-18(33)15-9-14(21(25,26)27)10-16(32(34)35)17(15)36-19/h1-4,9-10,28H,5-8,11H2. The molecule has 8 nitrogen and oxygen atoms in total. The number of halogens is 6. The summed E-state index contributed by atoms with van der Waals surface area (Å²) in [6, 6.07) is 5.73. The molecule has 0 aliphatic carbocycles. The molecule has 0 unspecified atom stereocenters. The topological polar surface area (TPSA) is 91.6 Å². The zero-order chi connectivity index (χ0) is 26.3. The Labute approximate surface area is 202 Å². The number of piperazine rings is 1. The molecule has 0 bridgehead atoms. The quantitative estimate of drug-likeness (QED) is 0.295. The number of hydrogen-bond donors (Lipinski definition) is 1. The van der Waals surface area contributed by atoms with Gasteiger partial charge in [0.1, 0.15) is 4.70 Å². The van der Waals surface area contributed by atoms with Crippen LogP contribution in [0.25, 0.3) is 10.1 Å².